The van der Waals surface area contributed by atoms with Gasteiger partial charge in [-0.2, -0.15) is 0 Å². The SMILES string of the molecule is CCCCCCCC[C@H]1CC[C@H]2[C@@H]3C[C@H]4OC[C@@]5(CC[C@H](OC(C)=O)C[C@H]45)[C@H]3CC[C@]12C. The third kappa shape index (κ3) is 3.87. The highest BCUT2D eigenvalue weighted by Gasteiger charge is 2.66. The number of unbranched alkanes of at least 4 members (excludes halogenated alkanes) is 5. The summed E-state index contributed by atoms with van der Waals surface area (Å²) in [6.45, 7) is 7.55. The quantitative estimate of drug-likeness (QED) is 0.291. The summed E-state index contributed by atoms with van der Waals surface area (Å²) < 4.78 is 12.2. The van der Waals surface area contributed by atoms with Crippen molar-refractivity contribution in [3.05, 3.63) is 0 Å². The van der Waals surface area contributed by atoms with Gasteiger partial charge in [0.1, 0.15) is 6.10 Å². The van der Waals surface area contributed by atoms with Crippen LogP contribution in [-0.2, 0) is 14.3 Å². The monoisotopic (exact) mass is 444 g/mol. The van der Waals surface area contributed by atoms with Gasteiger partial charge in [-0.3, -0.25) is 4.79 Å². The lowest BCUT2D eigenvalue weighted by Crippen LogP contribution is -2.56. The molecule has 4 saturated carbocycles. The minimum absolute atomic E-state index is 0.108. The number of ether oxygens (including phenoxy) is 2. The van der Waals surface area contributed by atoms with Crippen LogP contribution in [0.25, 0.3) is 0 Å². The lowest BCUT2D eigenvalue weighted by atomic mass is 9.44. The molecule has 0 spiro atoms. The third-order valence-electron chi connectivity index (χ3n) is 11.3. The Morgan fingerprint density at radius 3 is 2.56 bits per heavy atom. The zero-order valence-corrected chi connectivity index (χ0v) is 21.1. The van der Waals surface area contributed by atoms with Crippen molar-refractivity contribution in [2.45, 2.75) is 129 Å². The molecule has 2 bridgehead atoms. The molecule has 1 heterocycles. The standard InChI is InChI=1S/C29H48O3/c1-4-5-6-7-8-9-10-21-11-12-24-23-18-27-26-17-22(32-20(2)30)13-16-29(26,19-31-27)25(23)14-15-28(21,24)3/h21-27H,4-19H2,1-3H3/t21-,22-,23-,24-,25-,26+,27+,28+,29-/m0/s1. The van der Waals surface area contributed by atoms with Crippen molar-refractivity contribution >= 4 is 5.97 Å². The maximum atomic E-state index is 11.6. The van der Waals surface area contributed by atoms with Gasteiger partial charge in [-0.05, 0) is 92.8 Å². The maximum Gasteiger partial charge on any atom is 0.302 e. The molecule has 182 valence electrons. The molecule has 5 fully saturated rings. The second-order valence-corrected chi connectivity index (χ2v) is 12.7. The molecule has 0 aromatic carbocycles. The van der Waals surface area contributed by atoms with Crippen molar-refractivity contribution in [1.82, 2.24) is 0 Å². The first-order valence-corrected chi connectivity index (χ1v) is 14.3. The van der Waals surface area contributed by atoms with Gasteiger partial charge in [0.2, 0.25) is 0 Å². The van der Waals surface area contributed by atoms with Crippen LogP contribution in [0.15, 0.2) is 0 Å². The van der Waals surface area contributed by atoms with Crippen LogP contribution in [0.3, 0.4) is 0 Å². The summed E-state index contributed by atoms with van der Waals surface area (Å²) in [5, 5.41) is 0. The van der Waals surface area contributed by atoms with E-state index in [4.69, 9.17) is 9.47 Å². The fourth-order valence-corrected chi connectivity index (χ4v) is 9.82. The van der Waals surface area contributed by atoms with Crippen LogP contribution >= 0.6 is 0 Å². The zero-order chi connectivity index (χ0) is 22.3. The van der Waals surface area contributed by atoms with Crippen LogP contribution in [0, 0.1) is 40.4 Å². The van der Waals surface area contributed by atoms with Crippen molar-refractivity contribution < 1.29 is 14.3 Å². The molecule has 1 aliphatic heterocycles. The fourth-order valence-electron chi connectivity index (χ4n) is 9.82. The first-order valence-electron chi connectivity index (χ1n) is 14.3. The van der Waals surface area contributed by atoms with Gasteiger partial charge in [0, 0.05) is 12.3 Å². The Kier molecular flexibility index (Phi) is 6.69. The fraction of sp³-hybridized carbons (Fsp3) is 0.966. The van der Waals surface area contributed by atoms with Crippen LogP contribution in [0.1, 0.15) is 117 Å². The largest absolute Gasteiger partial charge is 0.463 e. The van der Waals surface area contributed by atoms with Crippen LogP contribution in [-0.4, -0.2) is 24.8 Å². The van der Waals surface area contributed by atoms with E-state index in [1.807, 2.05) is 0 Å². The Bertz CT molecular complexity index is 675. The summed E-state index contributed by atoms with van der Waals surface area (Å²) in [5.41, 5.74) is 0.978. The van der Waals surface area contributed by atoms with Crippen LogP contribution in [0.5, 0.6) is 0 Å². The number of esters is 1. The van der Waals surface area contributed by atoms with Gasteiger partial charge in [0.05, 0.1) is 12.7 Å². The molecule has 1 saturated heterocycles. The molecule has 0 aromatic rings. The van der Waals surface area contributed by atoms with Crippen LogP contribution in [0.2, 0.25) is 0 Å². The van der Waals surface area contributed by atoms with Gasteiger partial charge in [-0.1, -0.05) is 52.4 Å². The summed E-state index contributed by atoms with van der Waals surface area (Å²) in [5.74, 6) is 4.16. The summed E-state index contributed by atoms with van der Waals surface area (Å²) in [4.78, 5) is 11.6. The number of hydrogen-bond acceptors (Lipinski definition) is 3. The van der Waals surface area contributed by atoms with Gasteiger partial charge < -0.3 is 9.47 Å². The average Bonchev–Trinajstić information content (AvgIpc) is 3.24. The molecule has 0 unspecified atom stereocenters. The molecule has 9 atom stereocenters. The Hall–Kier alpha value is -0.570. The van der Waals surface area contributed by atoms with E-state index in [0.29, 0.717) is 22.9 Å². The van der Waals surface area contributed by atoms with Crippen molar-refractivity contribution in [1.29, 1.82) is 0 Å². The average molecular weight is 445 g/mol. The Labute approximate surface area is 196 Å². The topological polar surface area (TPSA) is 35.5 Å². The molecular formula is C29H48O3. The molecular weight excluding hydrogens is 396 g/mol. The second kappa shape index (κ2) is 9.23. The molecule has 3 nitrogen and oxygen atoms in total. The smallest absolute Gasteiger partial charge is 0.302 e. The molecule has 0 aromatic heterocycles. The number of carbonyl (C=O) groups excluding carboxylic acids is 1. The Morgan fingerprint density at radius 2 is 1.75 bits per heavy atom. The minimum atomic E-state index is -0.108. The number of hydrogen-bond donors (Lipinski definition) is 0. The predicted octanol–water partition coefficient (Wildman–Crippen LogP) is 7.32. The highest BCUT2D eigenvalue weighted by molar-refractivity contribution is 5.66. The zero-order valence-electron chi connectivity index (χ0n) is 21.1. The normalized spacial score (nSPS) is 46.9. The minimum Gasteiger partial charge on any atom is -0.463 e. The van der Waals surface area contributed by atoms with E-state index in [0.717, 1.165) is 43.1 Å². The summed E-state index contributed by atoms with van der Waals surface area (Å²) in [7, 11) is 0. The molecule has 4 aliphatic carbocycles. The third-order valence-corrected chi connectivity index (χ3v) is 11.3. The first-order chi connectivity index (χ1) is 15.5. The number of rotatable bonds is 8. The molecule has 5 aliphatic rings. The van der Waals surface area contributed by atoms with Crippen LogP contribution < -0.4 is 0 Å². The molecule has 3 heteroatoms. The van der Waals surface area contributed by atoms with Gasteiger partial charge >= 0.3 is 5.97 Å². The Morgan fingerprint density at radius 1 is 0.938 bits per heavy atom. The van der Waals surface area contributed by atoms with E-state index in [1.54, 1.807) is 6.92 Å². The summed E-state index contributed by atoms with van der Waals surface area (Å²) in [6.07, 6.45) is 21.0. The van der Waals surface area contributed by atoms with E-state index >= 15 is 0 Å². The van der Waals surface area contributed by atoms with Gasteiger partial charge in [0.25, 0.3) is 0 Å². The summed E-state index contributed by atoms with van der Waals surface area (Å²) in [6, 6.07) is 0. The number of fused-ring (bicyclic) bond motifs is 3. The molecule has 32 heavy (non-hydrogen) atoms. The van der Waals surface area contributed by atoms with E-state index < -0.39 is 0 Å². The van der Waals surface area contributed by atoms with Crippen molar-refractivity contribution in [3.63, 3.8) is 0 Å². The first kappa shape index (κ1) is 23.2. The van der Waals surface area contributed by atoms with Gasteiger partial charge in [0.15, 0.2) is 0 Å². The molecule has 0 amide bonds. The lowest BCUT2D eigenvalue weighted by Gasteiger charge is -2.59. The maximum absolute atomic E-state index is 11.6. The molecule has 0 radical (unpaired) electrons. The van der Waals surface area contributed by atoms with Gasteiger partial charge in [-0.15, -0.1) is 0 Å². The lowest BCUT2D eigenvalue weighted by molar-refractivity contribution is -0.157. The van der Waals surface area contributed by atoms with Crippen molar-refractivity contribution in [2.24, 2.45) is 40.4 Å². The van der Waals surface area contributed by atoms with Gasteiger partial charge in [-0.25, -0.2) is 0 Å². The second-order valence-electron chi connectivity index (χ2n) is 12.7. The Balaban J connectivity index is 1.23. The van der Waals surface area contributed by atoms with E-state index in [1.165, 1.54) is 83.5 Å². The van der Waals surface area contributed by atoms with Crippen LogP contribution in [0.4, 0.5) is 0 Å². The van der Waals surface area contributed by atoms with E-state index in [2.05, 4.69) is 13.8 Å². The van der Waals surface area contributed by atoms with E-state index in [9.17, 15) is 4.79 Å². The summed E-state index contributed by atoms with van der Waals surface area (Å²) >= 11 is 0. The highest BCUT2D eigenvalue weighted by Crippen LogP contribution is 2.70. The van der Waals surface area contributed by atoms with Crippen molar-refractivity contribution in [2.75, 3.05) is 6.61 Å². The highest BCUT2D eigenvalue weighted by atomic mass is 16.5. The molecule has 5 rings (SSSR count). The predicted molar refractivity (Wildman–Crippen MR) is 128 cm³/mol. The number of carbonyl (C=O) groups is 1. The van der Waals surface area contributed by atoms with Crippen molar-refractivity contribution in [3.8, 4) is 0 Å². The molecule has 0 N–H and O–H groups in total. The van der Waals surface area contributed by atoms with E-state index in [-0.39, 0.29) is 12.1 Å².